The maximum Gasteiger partial charge on any atom is 0.225 e. The van der Waals surface area contributed by atoms with E-state index in [2.05, 4.69) is 19.2 Å². The van der Waals surface area contributed by atoms with Crippen molar-refractivity contribution in [3.63, 3.8) is 0 Å². The van der Waals surface area contributed by atoms with Crippen LogP contribution in [0, 0.1) is 5.92 Å². The third kappa shape index (κ3) is 3.94. The van der Waals surface area contributed by atoms with E-state index >= 15 is 0 Å². The highest BCUT2D eigenvalue weighted by Crippen LogP contribution is 2.13. The summed E-state index contributed by atoms with van der Waals surface area (Å²) in [6.45, 7) is 6.05. The molecule has 5 heteroatoms. The highest BCUT2D eigenvalue weighted by Gasteiger charge is 2.31. The quantitative estimate of drug-likeness (QED) is 0.705. The Morgan fingerprint density at radius 2 is 2.29 bits per heavy atom. The van der Waals surface area contributed by atoms with Gasteiger partial charge in [-0.25, -0.2) is 0 Å². The lowest BCUT2D eigenvalue weighted by Crippen LogP contribution is -2.60. The molecule has 2 N–H and O–H groups in total. The fourth-order valence-electron chi connectivity index (χ4n) is 2.07. The minimum Gasteiger partial charge on any atom is -0.394 e. The minimum atomic E-state index is -0.102. The molecular weight excluding hydrogens is 220 g/mol. The third-order valence-electron chi connectivity index (χ3n) is 3.31. The second-order valence-corrected chi connectivity index (χ2v) is 4.88. The topological polar surface area (TPSA) is 61.8 Å². The first-order chi connectivity index (χ1) is 8.10. The lowest BCUT2D eigenvalue weighted by Gasteiger charge is -2.41. The SMILES string of the molecule is COCCC(=O)N1CC(C(C)C)NCC1CO. The predicted octanol–water partition coefficient (Wildman–Crippen LogP) is -0.160. The first kappa shape index (κ1) is 14.4. The smallest absolute Gasteiger partial charge is 0.225 e. The highest BCUT2D eigenvalue weighted by molar-refractivity contribution is 5.76. The molecule has 0 aromatic carbocycles. The van der Waals surface area contributed by atoms with Crippen molar-refractivity contribution in [2.45, 2.75) is 32.4 Å². The zero-order valence-electron chi connectivity index (χ0n) is 11.0. The van der Waals surface area contributed by atoms with Crippen molar-refractivity contribution in [1.82, 2.24) is 10.2 Å². The maximum absolute atomic E-state index is 12.0. The van der Waals surface area contributed by atoms with Crippen LogP contribution < -0.4 is 5.32 Å². The lowest BCUT2D eigenvalue weighted by molar-refractivity contribution is -0.137. The van der Waals surface area contributed by atoms with Crippen molar-refractivity contribution >= 4 is 5.91 Å². The van der Waals surface area contributed by atoms with Gasteiger partial charge in [-0.1, -0.05) is 13.8 Å². The summed E-state index contributed by atoms with van der Waals surface area (Å²) in [5, 5.41) is 12.7. The molecule has 1 heterocycles. The van der Waals surface area contributed by atoms with Crippen molar-refractivity contribution in [1.29, 1.82) is 0 Å². The van der Waals surface area contributed by atoms with E-state index in [0.29, 0.717) is 38.1 Å². The van der Waals surface area contributed by atoms with E-state index in [0.717, 1.165) is 0 Å². The molecule has 17 heavy (non-hydrogen) atoms. The molecule has 2 atom stereocenters. The monoisotopic (exact) mass is 244 g/mol. The van der Waals surface area contributed by atoms with Gasteiger partial charge in [0.05, 0.1) is 25.7 Å². The molecule has 2 unspecified atom stereocenters. The van der Waals surface area contributed by atoms with E-state index < -0.39 is 0 Å². The number of carbonyl (C=O) groups excluding carboxylic acids is 1. The average Bonchev–Trinajstić information content (AvgIpc) is 2.34. The average molecular weight is 244 g/mol. The molecule has 0 saturated carbocycles. The molecule has 0 bridgehead atoms. The molecular formula is C12H24N2O3. The van der Waals surface area contributed by atoms with Gasteiger partial charge in [-0.05, 0) is 5.92 Å². The maximum atomic E-state index is 12.0. The molecule has 1 aliphatic heterocycles. The van der Waals surface area contributed by atoms with Crippen LogP contribution in [0.15, 0.2) is 0 Å². The molecule has 0 aromatic heterocycles. The molecule has 1 amide bonds. The summed E-state index contributed by atoms with van der Waals surface area (Å²) >= 11 is 0. The Hall–Kier alpha value is -0.650. The fourth-order valence-corrected chi connectivity index (χ4v) is 2.07. The standard InChI is InChI=1S/C12H24N2O3/c1-9(2)11-7-14(10(8-15)6-13-11)12(16)4-5-17-3/h9-11,13,15H,4-8H2,1-3H3. The van der Waals surface area contributed by atoms with Crippen LogP contribution in [-0.4, -0.2) is 61.4 Å². The Balaban J connectivity index is 2.59. The normalized spacial score (nSPS) is 25.4. The van der Waals surface area contributed by atoms with Crippen molar-refractivity contribution in [3.05, 3.63) is 0 Å². The second-order valence-electron chi connectivity index (χ2n) is 4.88. The first-order valence-electron chi connectivity index (χ1n) is 6.22. The molecule has 1 fully saturated rings. The van der Waals surface area contributed by atoms with E-state index in [9.17, 15) is 9.90 Å². The lowest BCUT2D eigenvalue weighted by atomic mass is 9.99. The van der Waals surface area contributed by atoms with Gasteiger partial charge in [-0.2, -0.15) is 0 Å². The summed E-state index contributed by atoms with van der Waals surface area (Å²) in [4.78, 5) is 13.8. The third-order valence-corrected chi connectivity index (χ3v) is 3.31. The summed E-state index contributed by atoms with van der Waals surface area (Å²) in [6, 6.07) is 0.207. The van der Waals surface area contributed by atoms with Gasteiger partial charge in [0.25, 0.3) is 0 Å². The van der Waals surface area contributed by atoms with Crippen molar-refractivity contribution in [3.8, 4) is 0 Å². The van der Waals surface area contributed by atoms with Crippen molar-refractivity contribution in [2.24, 2.45) is 5.92 Å². The largest absolute Gasteiger partial charge is 0.394 e. The summed E-state index contributed by atoms with van der Waals surface area (Å²) < 4.78 is 4.92. The Kier molecular flexibility index (Phi) is 5.88. The minimum absolute atomic E-state index is 0.0105. The van der Waals surface area contributed by atoms with E-state index in [1.807, 2.05) is 0 Å². The molecule has 0 radical (unpaired) electrons. The number of ether oxygens (including phenoxy) is 1. The number of piperazine rings is 1. The zero-order chi connectivity index (χ0) is 12.8. The van der Waals surface area contributed by atoms with Gasteiger partial charge in [0.15, 0.2) is 0 Å². The number of aliphatic hydroxyl groups excluding tert-OH is 1. The number of carbonyl (C=O) groups is 1. The van der Waals surface area contributed by atoms with Crippen LogP contribution >= 0.6 is 0 Å². The van der Waals surface area contributed by atoms with Crippen LogP contribution in [0.2, 0.25) is 0 Å². The molecule has 1 rings (SSSR count). The van der Waals surface area contributed by atoms with Gasteiger partial charge in [0.1, 0.15) is 0 Å². The summed E-state index contributed by atoms with van der Waals surface area (Å²) in [7, 11) is 1.59. The van der Waals surface area contributed by atoms with Crippen LogP contribution in [0.1, 0.15) is 20.3 Å². The van der Waals surface area contributed by atoms with Crippen LogP contribution in [0.4, 0.5) is 0 Å². The molecule has 0 aliphatic carbocycles. The van der Waals surface area contributed by atoms with Gasteiger partial charge in [-0.3, -0.25) is 4.79 Å². The van der Waals surface area contributed by atoms with E-state index in [1.165, 1.54) is 0 Å². The zero-order valence-corrected chi connectivity index (χ0v) is 11.0. The van der Waals surface area contributed by atoms with Crippen LogP contribution in [0.3, 0.4) is 0 Å². The van der Waals surface area contributed by atoms with Gasteiger partial charge in [0.2, 0.25) is 5.91 Å². The number of amides is 1. The Morgan fingerprint density at radius 1 is 1.59 bits per heavy atom. The molecule has 100 valence electrons. The Labute approximate surface area is 103 Å². The summed E-state index contributed by atoms with van der Waals surface area (Å²) in [5.74, 6) is 0.547. The van der Waals surface area contributed by atoms with E-state index in [-0.39, 0.29) is 18.6 Å². The fraction of sp³-hybridized carbons (Fsp3) is 0.917. The number of hydrogen-bond acceptors (Lipinski definition) is 4. The summed E-state index contributed by atoms with van der Waals surface area (Å²) in [6.07, 6.45) is 0.387. The van der Waals surface area contributed by atoms with E-state index in [4.69, 9.17) is 4.74 Å². The number of rotatable bonds is 5. The number of nitrogens with one attached hydrogen (secondary N) is 1. The van der Waals surface area contributed by atoms with Crippen LogP contribution in [-0.2, 0) is 9.53 Å². The second kappa shape index (κ2) is 6.93. The highest BCUT2D eigenvalue weighted by atomic mass is 16.5. The van der Waals surface area contributed by atoms with Gasteiger partial charge in [-0.15, -0.1) is 0 Å². The van der Waals surface area contributed by atoms with E-state index in [1.54, 1.807) is 12.0 Å². The van der Waals surface area contributed by atoms with Gasteiger partial charge in [0, 0.05) is 26.2 Å². The first-order valence-corrected chi connectivity index (χ1v) is 6.22. The molecule has 0 aromatic rings. The number of methoxy groups -OCH3 is 1. The Morgan fingerprint density at radius 3 is 2.82 bits per heavy atom. The predicted molar refractivity (Wildman–Crippen MR) is 65.7 cm³/mol. The molecule has 0 spiro atoms. The van der Waals surface area contributed by atoms with Gasteiger partial charge < -0.3 is 20.1 Å². The van der Waals surface area contributed by atoms with Gasteiger partial charge >= 0.3 is 0 Å². The van der Waals surface area contributed by atoms with Crippen LogP contribution in [0.25, 0.3) is 0 Å². The van der Waals surface area contributed by atoms with Crippen molar-refractivity contribution in [2.75, 3.05) is 33.4 Å². The Bertz CT molecular complexity index is 246. The number of hydrogen-bond donors (Lipinski definition) is 2. The summed E-state index contributed by atoms with van der Waals surface area (Å²) in [5.41, 5.74) is 0. The number of aliphatic hydroxyl groups is 1. The molecule has 1 saturated heterocycles. The number of nitrogens with zero attached hydrogens (tertiary/aromatic N) is 1. The van der Waals surface area contributed by atoms with Crippen molar-refractivity contribution < 1.29 is 14.6 Å². The van der Waals surface area contributed by atoms with Crippen LogP contribution in [0.5, 0.6) is 0 Å². The molecule has 1 aliphatic rings. The molecule has 5 nitrogen and oxygen atoms in total.